The van der Waals surface area contributed by atoms with Crippen LogP contribution in [0.4, 0.5) is 8.78 Å². The Hall–Kier alpha value is -0.190. The van der Waals surface area contributed by atoms with E-state index in [0.717, 1.165) is 23.1 Å². The molecule has 0 heterocycles. The molecule has 0 aromatic heterocycles. The van der Waals surface area contributed by atoms with Crippen LogP contribution >= 0.6 is 15.9 Å². The van der Waals surface area contributed by atoms with Gasteiger partial charge in [-0.1, -0.05) is 15.9 Å². The van der Waals surface area contributed by atoms with E-state index in [2.05, 4.69) is 15.9 Å². The van der Waals surface area contributed by atoms with E-state index in [9.17, 15) is 13.6 Å². The first-order chi connectivity index (χ1) is 6.07. The van der Waals surface area contributed by atoms with Gasteiger partial charge in [0.2, 0.25) is 5.91 Å². The molecule has 0 N–H and O–H groups in total. The van der Waals surface area contributed by atoms with Gasteiger partial charge >= 0.3 is 0 Å². The normalized spacial score (nSPS) is 10.5. The van der Waals surface area contributed by atoms with Gasteiger partial charge < -0.3 is 4.90 Å². The van der Waals surface area contributed by atoms with Crippen molar-refractivity contribution in [2.45, 2.75) is 25.7 Å². The van der Waals surface area contributed by atoms with Crippen LogP contribution in [0.15, 0.2) is 0 Å². The number of carbonyl (C=O) groups excluding carboxylic acids is 1. The van der Waals surface area contributed by atoms with E-state index in [1.54, 1.807) is 0 Å². The Morgan fingerprint density at radius 3 is 2.54 bits per heavy atom. The molecule has 13 heavy (non-hydrogen) atoms. The minimum absolute atomic E-state index is 0.207. The Kier molecular flexibility index (Phi) is 7.13. The van der Waals surface area contributed by atoms with E-state index >= 15 is 0 Å². The van der Waals surface area contributed by atoms with Gasteiger partial charge in [0, 0.05) is 18.8 Å². The minimum atomic E-state index is -2.44. The Morgan fingerprint density at radius 1 is 1.46 bits per heavy atom. The van der Waals surface area contributed by atoms with E-state index in [1.165, 1.54) is 7.05 Å². The molecule has 0 unspecified atom stereocenters. The second-order valence-corrected chi connectivity index (χ2v) is 3.60. The summed E-state index contributed by atoms with van der Waals surface area (Å²) in [7, 11) is 1.41. The van der Waals surface area contributed by atoms with E-state index in [1.807, 2.05) is 0 Å². The summed E-state index contributed by atoms with van der Waals surface area (Å²) in [6.07, 6.45) is -0.439. The molecule has 1 amide bonds. The third-order valence-electron chi connectivity index (χ3n) is 1.61. The first-order valence-electron chi connectivity index (χ1n) is 4.16. The molecule has 0 aromatic rings. The average Bonchev–Trinajstić information content (AvgIpc) is 2.03. The van der Waals surface area contributed by atoms with Gasteiger partial charge in [-0.15, -0.1) is 0 Å². The van der Waals surface area contributed by atoms with Crippen LogP contribution in [0.25, 0.3) is 0 Å². The SMILES string of the molecule is CN(CC(F)F)C(=O)CCCCBr. The van der Waals surface area contributed by atoms with Crippen molar-refractivity contribution < 1.29 is 13.6 Å². The zero-order valence-electron chi connectivity index (χ0n) is 7.60. The Morgan fingerprint density at radius 2 is 2.08 bits per heavy atom. The number of unbranched alkanes of at least 4 members (excludes halogenated alkanes) is 1. The zero-order valence-corrected chi connectivity index (χ0v) is 9.19. The third-order valence-corrected chi connectivity index (χ3v) is 2.17. The average molecular weight is 258 g/mol. The van der Waals surface area contributed by atoms with Crippen LogP contribution in [-0.2, 0) is 4.79 Å². The summed E-state index contributed by atoms with van der Waals surface area (Å²) >= 11 is 3.23. The lowest BCUT2D eigenvalue weighted by Crippen LogP contribution is -2.31. The molecule has 2 nitrogen and oxygen atoms in total. The number of nitrogens with zero attached hydrogens (tertiary/aromatic N) is 1. The summed E-state index contributed by atoms with van der Waals surface area (Å²) in [5.41, 5.74) is 0. The lowest BCUT2D eigenvalue weighted by molar-refractivity contribution is -0.131. The molecule has 0 aliphatic heterocycles. The fourth-order valence-corrected chi connectivity index (χ4v) is 1.27. The molecular weight excluding hydrogens is 244 g/mol. The van der Waals surface area contributed by atoms with Crippen LogP contribution in [0.5, 0.6) is 0 Å². The standard InChI is InChI=1S/C8H14BrF2NO/c1-12(6-7(10)11)8(13)4-2-3-5-9/h7H,2-6H2,1H3. The number of carbonyl (C=O) groups is 1. The van der Waals surface area contributed by atoms with Gasteiger partial charge in [0.05, 0.1) is 6.54 Å². The van der Waals surface area contributed by atoms with Gasteiger partial charge in [0.1, 0.15) is 0 Å². The van der Waals surface area contributed by atoms with Crippen LogP contribution in [-0.4, -0.2) is 36.2 Å². The van der Waals surface area contributed by atoms with Crippen molar-refractivity contribution in [3.8, 4) is 0 Å². The number of alkyl halides is 3. The van der Waals surface area contributed by atoms with Crippen LogP contribution in [0.1, 0.15) is 19.3 Å². The molecule has 0 radical (unpaired) electrons. The zero-order chi connectivity index (χ0) is 10.3. The maximum atomic E-state index is 11.8. The topological polar surface area (TPSA) is 20.3 Å². The highest BCUT2D eigenvalue weighted by molar-refractivity contribution is 9.09. The minimum Gasteiger partial charge on any atom is -0.340 e. The Labute approximate surface area is 85.4 Å². The van der Waals surface area contributed by atoms with E-state index < -0.39 is 13.0 Å². The van der Waals surface area contributed by atoms with Crippen molar-refractivity contribution in [1.82, 2.24) is 4.90 Å². The summed E-state index contributed by atoms with van der Waals surface area (Å²) in [5, 5.41) is 0.846. The molecule has 0 saturated carbocycles. The predicted molar refractivity (Wildman–Crippen MR) is 51.3 cm³/mol. The van der Waals surface area contributed by atoms with Crippen LogP contribution in [0.3, 0.4) is 0 Å². The highest BCUT2D eigenvalue weighted by Gasteiger charge is 2.12. The van der Waals surface area contributed by atoms with Gasteiger partial charge in [-0.3, -0.25) is 4.79 Å². The predicted octanol–water partition coefficient (Wildman–Crippen LogP) is 2.28. The van der Waals surface area contributed by atoms with Crippen molar-refractivity contribution >= 4 is 21.8 Å². The van der Waals surface area contributed by atoms with Gasteiger partial charge in [-0.25, -0.2) is 8.78 Å². The molecule has 78 valence electrons. The summed E-state index contributed by atoms with van der Waals surface area (Å²) in [6.45, 7) is -0.465. The molecule has 0 aromatic carbocycles. The highest BCUT2D eigenvalue weighted by Crippen LogP contribution is 2.03. The largest absolute Gasteiger partial charge is 0.340 e. The fourth-order valence-electron chi connectivity index (χ4n) is 0.870. The molecule has 0 bridgehead atoms. The molecule has 0 aliphatic rings. The van der Waals surface area contributed by atoms with Gasteiger partial charge in [0.25, 0.3) is 6.43 Å². The lowest BCUT2D eigenvalue weighted by Gasteiger charge is -2.15. The molecule has 0 fully saturated rings. The summed E-state index contributed by atoms with van der Waals surface area (Å²) in [4.78, 5) is 12.2. The van der Waals surface area contributed by atoms with Crippen LogP contribution in [0.2, 0.25) is 0 Å². The van der Waals surface area contributed by atoms with E-state index in [0.29, 0.717) is 6.42 Å². The maximum absolute atomic E-state index is 11.8. The van der Waals surface area contributed by atoms with Gasteiger partial charge in [-0.05, 0) is 12.8 Å². The second kappa shape index (κ2) is 7.24. The van der Waals surface area contributed by atoms with Crippen LogP contribution in [0, 0.1) is 0 Å². The molecule has 0 aliphatic carbocycles. The summed E-state index contributed by atoms with van der Waals surface area (Å²) in [5.74, 6) is -0.207. The number of rotatable bonds is 6. The number of hydrogen-bond acceptors (Lipinski definition) is 1. The van der Waals surface area contributed by atoms with Crippen LogP contribution < -0.4 is 0 Å². The quantitative estimate of drug-likeness (QED) is 0.528. The number of hydrogen-bond donors (Lipinski definition) is 0. The third kappa shape index (κ3) is 6.93. The van der Waals surface area contributed by atoms with Crippen molar-refractivity contribution in [3.63, 3.8) is 0 Å². The van der Waals surface area contributed by atoms with Crippen molar-refractivity contribution in [3.05, 3.63) is 0 Å². The van der Waals surface area contributed by atoms with E-state index in [-0.39, 0.29) is 5.91 Å². The summed E-state index contributed by atoms with van der Waals surface area (Å²) < 4.78 is 23.7. The Balaban J connectivity index is 3.57. The smallest absolute Gasteiger partial charge is 0.255 e. The maximum Gasteiger partial charge on any atom is 0.255 e. The lowest BCUT2D eigenvalue weighted by atomic mass is 10.2. The number of amides is 1. The van der Waals surface area contributed by atoms with Gasteiger partial charge in [-0.2, -0.15) is 0 Å². The molecular formula is C8H14BrF2NO. The number of halogens is 3. The van der Waals surface area contributed by atoms with Crippen molar-refractivity contribution in [1.29, 1.82) is 0 Å². The highest BCUT2D eigenvalue weighted by atomic mass is 79.9. The molecule has 0 atom stereocenters. The Bertz CT molecular complexity index is 155. The van der Waals surface area contributed by atoms with Crippen molar-refractivity contribution in [2.24, 2.45) is 0 Å². The molecule has 0 spiro atoms. The van der Waals surface area contributed by atoms with Crippen molar-refractivity contribution in [2.75, 3.05) is 18.9 Å². The van der Waals surface area contributed by atoms with Gasteiger partial charge in [0.15, 0.2) is 0 Å². The monoisotopic (exact) mass is 257 g/mol. The molecule has 0 saturated heterocycles. The summed E-state index contributed by atoms with van der Waals surface area (Å²) in [6, 6.07) is 0. The molecule has 5 heteroatoms. The first kappa shape index (κ1) is 12.8. The fraction of sp³-hybridized carbons (Fsp3) is 0.875. The first-order valence-corrected chi connectivity index (χ1v) is 5.28. The van der Waals surface area contributed by atoms with E-state index in [4.69, 9.17) is 0 Å². The molecule has 0 rings (SSSR count). The second-order valence-electron chi connectivity index (χ2n) is 2.81.